The third-order valence-electron chi connectivity index (χ3n) is 7.85. The average molecular weight is 514 g/mol. The zero-order chi connectivity index (χ0) is 25.3. The Morgan fingerprint density at radius 1 is 1.00 bits per heavy atom. The summed E-state index contributed by atoms with van der Waals surface area (Å²) in [5, 5.41) is 0. The van der Waals surface area contributed by atoms with E-state index < -0.39 is 10.0 Å². The first-order valence-corrected chi connectivity index (χ1v) is 14.2. The van der Waals surface area contributed by atoms with Crippen LogP contribution >= 0.6 is 0 Å². The van der Waals surface area contributed by atoms with Gasteiger partial charge in [-0.15, -0.1) is 0 Å². The predicted molar refractivity (Wildman–Crippen MR) is 138 cm³/mol. The summed E-state index contributed by atoms with van der Waals surface area (Å²) < 4.78 is 40.4. The second-order valence-electron chi connectivity index (χ2n) is 10.1. The Morgan fingerprint density at radius 2 is 1.67 bits per heavy atom. The molecule has 2 unspecified atom stereocenters. The number of rotatable bonds is 8. The largest absolute Gasteiger partial charge is 0.465 e. The first kappa shape index (κ1) is 25.0. The van der Waals surface area contributed by atoms with Gasteiger partial charge in [-0.1, -0.05) is 30.3 Å². The second kappa shape index (κ2) is 10.4. The van der Waals surface area contributed by atoms with Crippen molar-refractivity contribution in [3.63, 3.8) is 0 Å². The van der Waals surface area contributed by atoms with Crippen LogP contribution in [0.4, 0.5) is 5.69 Å². The minimum atomic E-state index is -3.67. The number of piperazine rings is 1. The highest BCUT2D eigenvalue weighted by atomic mass is 32.2. The maximum atomic E-state index is 13.8. The molecule has 2 bridgehead atoms. The Kier molecular flexibility index (Phi) is 7.23. The van der Waals surface area contributed by atoms with Gasteiger partial charge in [0, 0.05) is 45.4 Å². The minimum Gasteiger partial charge on any atom is -0.465 e. The van der Waals surface area contributed by atoms with Crippen molar-refractivity contribution in [1.29, 1.82) is 0 Å². The molecule has 3 saturated heterocycles. The Hall–Kier alpha value is -2.62. The molecule has 9 heteroatoms. The lowest BCUT2D eigenvalue weighted by Crippen LogP contribution is -2.53. The Bertz CT molecular complexity index is 1170. The Morgan fingerprint density at radius 3 is 2.28 bits per heavy atom. The molecule has 0 saturated carbocycles. The molecular weight excluding hydrogens is 478 g/mol. The summed E-state index contributed by atoms with van der Waals surface area (Å²) in [5.74, 6) is 1.03. The molecule has 0 aromatic heterocycles. The lowest BCUT2D eigenvalue weighted by Gasteiger charge is -2.42. The van der Waals surface area contributed by atoms with E-state index in [9.17, 15) is 13.2 Å². The topological polar surface area (TPSA) is 79.4 Å². The normalized spacial score (nSPS) is 23.2. The first-order chi connectivity index (χ1) is 17.4. The molecule has 0 radical (unpaired) electrons. The van der Waals surface area contributed by atoms with Gasteiger partial charge in [0.15, 0.2) is 6.79 Å². The van der Waals surface area contributed by atoms with Crippen LogP contribution in [0.25, 0.3) is 0 Å². The standard InChI is InChI=1S/C27H35N3O5S/c1-20-14-25(36(32,33)29-12-10-22(11-13-29)21-6-4-3-5-7-21)15-26(27(20)35-19-34-2)30-23-8-9-24(30)17-28(16-23)18-31/h3-7,14-15,18,22-24H,8-13,16-17,19H2,1-2H3. The summed E-state index contributed by atoms with van der Waals surface area (Å²) >= 11 is 0. The van der Waals surface area contributed by atoms with Crippen LogP contribution in [0, 0.1) is 6.92 Å². The number of amides is 1. The number of aryl methyl sites for hydroxylation is 1. The number of nitrogens with zero attached hydrogens (tertiary/aromatic N) is 3. The molecule has 3 aliphatic rings. The van der Waals surface area contributed by atoms with Gasteiger partial charge in [-0.05, 0) is 61.8 Å². The SMILES string of the molecule is COCOc1c(C)cc(S(=O)(=O)N2CCC(c3ccccc3)CC2)cc1N1C2CCC1CN(C=O)C2. The van der Waals surface area contributed by atoms with Crippen LogP contribution in [0.2, 0.25) is 0 Å². The second-order valence-corrected chi connectivity index (χ2v) is 12.0. The van der Waals surface area contributed by atoms with E-state index in [1.54, 1.807) is 23.5 Å². The van der Waals surface area contributed by atoms with Crippen LogP contribution in [0.1, 0.15) is 42.7 Å². The minimum absolute atomic E-state index is 0.0799. The van der Waals surface area contributed by atoms with Gasteiger partial charge in [0.25, 0.3) is 0 Å². The van der Waals surface area contributed by atoms with Crippen molar-refractivity contribution in [2.45, 2.75) is 55.5 Å². The summed E-state index contributed by atoms with van der Waals surface area (Å²) in [5.41, 5.74) is 2.82. The molecule has 0 spiro atoms. The van der Waals surface area contributed by atoms with Gasteiger partial charge in [-0.3, -0.25) is 4.79 Å². The van der Waals surface area contributed by atoms with E-state index in [0.29, 0.717) is 42.7 Å². The number of carbonyl (C=O) groups excluding carboxylic acids is 1. The molecular formula is C27H35N3O5S. The smallest absolute Gasteiger partial charge is 0.243 e. The molecule has 2 aromatic rings. The van der Waals surface area contributed by atoms with Crippen LogP contribution in [0.3, 0.4) is 0 Å². The van der Waals surface area contributed by atoms with Crippen molar-refractivity contribution in [1.82, 2.24) is 9.21 Å². The lowest BCUT2D eigenvalue weighted by atomic mass is 9.90. The van der Waals surface area contributed by atoms with Gasteiger partial charge in [-0.2, -0.15) is 4.31 Å². The fourth-order valence-corrected chi connectivity index (χ4v) is 7.66. The van der Waals surface area contributed by atoms with Gasteiger partial charge in [0.1, 0.15) is 5.75 Å². The number of ether oxygens (including phenoxy) is 2. The van der Waals surface area contributed by atoms with Crippen LogP contribution in [0.15, 0.2) is 47.4 Å². The number of fused-ring (bicyclic) bond motifs is 2. The number of sulfonamides is 1. The number of anilines is 1. The number of piperidine rings is 1. The summed E-state index contributed by atoms with van der Waals surface area (Å²) in [6, 6.07) is 14.1. The van der Waals surface area contributed by atoms with Crippen molar-refractivity contribution in [3.05, 3.63) is 53.6 Å². The van der Waals surface area contributed by atoms with Gasteiger partial charge in [0.05, 0.1) is 10.6 Å². The zero-order valence-corrected chi connectivity index (χ0v) is 21.8. The monoisotopic (exact) mass is 513 g/mol. The highest BCUT2D eigenvalue weighted by Crippen LogP contribution is 2.43. The molecule has 3 fully saturated rings. The summed E-state index contributed by atoms with van der Waals surface area (Å²) in [6.45, 7) is 4.23. The summed E-state index contributed by atoms with van der Waals surface area (Å²) in [7, 11) is -2.10. The number of carbonyl (C=O) groups is 1. The Labute approximate surface area is 213 Å². The third-order valence-corrected chi connectivity index (χ3v) is 9.73. The molecule has 3 heterocycles. The van der Waals surface area contributed by atoms with Gasteiger partial charge < -0.3 is 19.3 Å². The molecule has 2 aromatic carbocycles. The molecule has 0 aliphatic carbocycles. The average Bonchev–Trinajstić information content (AvgIpc) is 3.16. The van der Waals surface area contributed by atoms with E-state index in [2.05, 4.69) is 17.0 Å². The number of benzene rings is 2. The number of hydrogen-bond acceptors (Lipinski definition) is 6. The summed E-state index contributed by atoms with van der Waals surface area (Å²) in [6.07, 6.45) is 4.45. The van der Waals surface area contributed by atoms with E-state index in [1.165, 1.54) is 5.56 Å². The number of likely N-dealkylation sites (tertiary alicyclic amines) is 1. The maximum absolute atomic E-state index is 13.8. The number of hydrogen-bond donors (Lipinski definition) is 0. The highest BCUT2D eigenvalue weighted by Gasteiger charge is 2.42. The predicted octanol–water partition coefficient (Wildman–Crippen LogP) is 3.36. The van der Waals surface area contributed by atoms with Crippen molar-refractivity contribution >= 4 is 22.1 Å². The quantitative estimate of drug-likeness (QED) is 0.398. The van der Waals surface area contributed by atoms with E-state index >= 15 is 0 Å². The molecule has 194 valence electrons. The number of methoxy groups -OCH3 is 1. The van der Waals surface area contributed by atoms with Gasteiger partial charge in [0.2, 0.25) is 16.4 Å². The molecule has 1 amide bonds. The van der Waals surface area contributed by atoms with Crippen LogP contribution < -0.4 is 9.64 Å². The third kappa shape index (κ3) is 4.71. The Balaban J connectivity index is 1.44. The van der Waals surface area contributed by atoms with E-state index in [4.69, 9.17) is 9.47 Å². The lowest BCUT2D eigenvalue weighted by molar-refractivity contribution is -0.119. The van der Waals surface area contributed by atoms with E-state index in [1.807, 2.05) is 30.0 Å². The molecule has 36 heavy (non-hydrogen) atoms. The van der Waals surface area contributed by atoms with Crippen molar-refractivity contribution in [3.8, 4) is 5.75 Å². The van der Waals surface area contributed by atoms with Crippen LogP contribution in [-0.2, 0) is 19.6 Å². The van der Waals surface area contributed by atoms with E-state index in [-0.39, 0.29) is 18.9 Å². The van der Waals surface area contributed by atoms with Crippen molar-refractivity contribution in [2.24, 2.45) is 0 Å². The molecule has 3 aliphatic heterocycles. The maximum Gasteiger partial charge on any atom is 0.243 e. The van der Waals surface area contributed by atoms with Gasteiger partial charge in [-0.25, -0.2) is 8.42 Å². The van der Waals surface area contributed by atoms with E-state index in [0.717, 1.165) is 43.3 Å². The fourth-order valence-electron chi connectivity index (χ4n) is 6.09. The first-order valence-electron chi connectivity index (χ1n) is 12.7. The zero-order valence-electron chi connectivity index (χ0n) is 21.0. The summed E-state index contributed by atoms with van der Waals surface area (Å²) in [4.78, 5) is 15.8. The van der Waals surface area contributed by atoms with Crippen molar-refractivity contribution < 1.29 is 22.7 Å². The fraction of sp³-hybridized carbons (Fsp3) is 0.519. The van der Waals surface area contributed by atoms with Crippen LogP contribution in [0.5, 0.6) is 5.75 Å². The van der Waals surface area contributed by atoms with Crippen molar-refractivity contribution in [2.75, 3.05) is 45.0 Å². The molecule has 8 nitrogen and oxygen atoms in total. The molecule has 5 rings (SSSR count). The molecule has 2 atom stereocenters. The highest BCUT2D eigenvalue weighted by molar-refractivity contribution is 7.89. The molecule has 0 N–H and O–H groups in total. The van der Waals surface area contributed by atoms with Crippen LogP contribution in [-0.4, -0.2) is 76.2 Å². The van der Waals surface area contributed by atoms with Gasteiger partial charge >= 0.3 is 0 Å².